The van der Waals surface area contributed by atoms with Crippen LogP contribution in [0.15, 0.2) is 24.5 Å². The van der Waals surface area contributed by atoms with E-state index in [4.69, 9.17) is 0 Å². The van der Waals surface area contributed by atoms with Crippen molar-refractivity contribution in [2.24, 2.45) is 0 Å². The number of imidazole rings is 1. The number of nitrogens with one attached hydrogen (secondary N) is 1. The Balaban J connectivity index is 2.29. The monoisotopic (exact) mass is 203 g/mol. The fraction of sp³-hybridized carbons (Fsp3) is 0.417. The Hall–Kier alpha value is -1.35. The van der Waals surface area contributed by atoms with Crippen LogP contribution < -0.4 is 5.32 Å². The van der Waals surface area contributed by atoms with E-state index in [1.54, 1.807) is 0 Å². The lowest BCUT2D eigenvalue weighted by atomic mass is 10.3. The van der Waals surface area contributed by atoms with E-state index in [-0.39, 0.29) is 0 Å². The van der Waals surface area contributed by atoms with Crippen molar-refractivity contribution in [2.75, 3.05) is 0 Å². The Morgan fingerprint density at radius 3 is 3.00 bits per heavy atom. The highest BCUT2D eigenvalue weighted by molar-refractivity contribution is 5.42. The van der Waals surface area contributed by atoms with Gasteiger partial charge in [-0.25, -0.2) is 4.98 Å². The molecule has 0 aliphatic rings. The SMILES string of the molecule is Cc1ccn2c(CNC(C)C)cnc2c1. The largest absolute Gasteiger partial charge is 0.309 e. The summed E-state index contributed by atoms with van der Waals surface area (Å²) >= 11 is 0. The van der Waals surface area contributed by atoms with Gasteiger partial charge in [-0.3, -0.25) is 0 Å². The summed E-state index contributed by atoms with van der Waals surface area (Å²) in [6.45, 7) is 7.24. The van der Waals surface area contributed by atoms with Crippen LogP contribution in [0.4, 0.5) is 0 Å². The van der Waals surface area contributed by atoms with Crippen LogP contribution in [-0.2, 0) is 6.54 Å². The van der Waals surface area contributed by atoms with Crippen molar-refractivity contribution in [2.45, 2.75) is 33.4 Å². The topological polar surface area (TPSA) is 29.3 Å². The van der Waals surface area contributed by atoms with Gasteiger partial charge in [0.1, 0.15) is 5.65 Å². The number of aromatic nitrogens is 2. The van der Waals surface area contributed by atoms with Gasteiger partial charge >= 0.3 is 0 Å². The molecule has 2 heterocycles. The minimum absolute atomic E-state index is 0.501. The van der Waals surface area contributed by atoms with E-state index in [9.17, 15) is 0 Å². The van der Waals surface area contributed by atoms with E-state index in [0.29, 0.717) is 6.04 Å². The van der Waals surface area contributed by atoms with E-state index >= 15 is 0 Å². The van der Waals surface area contributed by atoms with Crippen molar-refractivity contribution >= 4 is 5.65 Å². The molecule has 2 aromatic heterocycles. The zero-order chi connectivity index (χ0) is 10.8. The maximum Gasteiger partial charge on any atom is 0.137 e. The van der Waals surface area contributed by atoms with Crippen molar-refractivity contribution < 1.29 is 0 Å². The Bertz CT molecular complexity index is 457. The third-order valence-corrected chi connectivity index (χ3v) is 2.44. The van der Waals surface area contributed by atoms with Gasteiger partial charge in [-0.05, 0) is 24.6 Å². The van der Waals surface area contributed by atoms with Crippen molar-refractivity contribution in [3.05, 3.63) is 35.8 Å². The second kappa shape index (κ2) is 4.03. The lowest BCUT2D eigenvalue weighted by Crippen LogP contribution is -2.22. The molecule has 0 aromatic carbocycles. The van der Waals surface area contributed by atoms with Gasteiger partial charge in [-0.2, -0.15) is 0 Å². The number of hydrogen-bond acceptors (Lipinski definition) is 2. The zero-order valence-electron chi connectivity index (χ0n) is 9.49. The van der Waals surface area contributed by atoms with Crippen molar-refractivity contribution in [3.8, 4) is 0 Å². The van der Waals surface area contributed by atoms with Crippen LogP contribution in [0.2, 0.25) is 0 Å². The first-order valence-corrected chi connectivity index (χ1v) is 5.33. The number of fused-ring (bicyclic) bond motifs is 1. The molecule has 0 aliphatic carbocycles. The molecule has 0 aliphatic heterocycles. The lowest BCUT2D eigenvalue weighted by molar-refractivity contribution is 0.579. The second-order valence-corrected chi connectivity index (χ2v) is 4.22. The molecule has 0 atom stereocenters. The summed E-state index contributed by atoms with van der Waals surface area (Å²) < 4.78 is 2.13. The third-order valence-electron chi connectivity index (χ3n) is 2.44. The van der Waals surface area contributed by atoms with Crippen molar-refractivity contribution in [1.82, 2.24) is 14.7 Å². The summed E-state index contributed by atoms with van der Waals surface area (Å²) in [6, 6.07) is 4.70. The molecule has 1 N–H and O–H groups in total. The molecule has 2 rings (SSSR count). The molecule has 15 heavy (non-hydrogen) atoms. The number of aryl methyl sites for hydroxylation is 1. The summed E-state index contributed by atoms with van der Waals surface area (Å²) in [5.74, 6) is 0. The third kappa shape index (κ3) is 2.18. The summed E-state index contributed by atoms with van der Waals surface area (Å²) in [4.78, 5) is 4.38. The van der Waals surface area contributed by atoms with E-state index < -0.39 is 0 Å². The zero-order valence-corrected chi connectivity index (χ0v) is 9.49. The van der Waals surface area contributed by atoms with Gasteiger partial charge in [0.15, 0.2) is 0 Å². The molecule has 3 heteroatoms. The quantitative estimate of drug-likeness (QED) is 0.828. The average molecular weight is 203 g/mol. The predicted octanol–water partition coefficient (Wildman–Crippen LogP) is 2.14. The molecule has 0 amide bonds. The molecule has 0 saturated heterocycles. The van der Waals surface area contributed by atoms with E-state index in [1.165, 1.54) is 11.3 Å². The van der Waals surface area contributed by atoms with Gasteiger partial charge in [0.05, 0.1) is 11.9 Å². The minimum atomic E-state index is 0.501. The van der Waals surface area contributed by atoms with Crippen LogP contribution in [0.1, 0.15) is 25.1 Å². The Morgan fingerprint density at radius 2 is 2.27 bits per heavy atom. The van der Waals surface area contributed by atoms with Gasteiger partial charge in [0, 0.05) is 18.8 Å². The van der Waals surface area contributed by atoms with Crippen LogP contribution in [0, 0.1) is 6.92 Å². The number of pyridine rings is 1. The molecule has 0 fully saturated rings. The lowest BCUT2D eigenvalue weighted by Gasteiger charge is -2.07. The number of rotatable bonds is 3. The van der Waals surface area contributed by atoms with Crippen LogP contribution in [0.25, 0.3) is 5.65 Å². The average Bonchev–Trinajstić information content (AvgIpc) is 2.57. The summed E-state index contributed by atoms with van der Waals surface area (Å²) in [5.41, 5.74) is 3.48. The number of hydrogen-bond donors (Lipinski definition) is 1. The van der Waals surface area contributed by atoms with Gasteiger partial charge in [-0.1, -0.05) is 13.8 Å². The van der Waals surface area contributed by atoms with Gasteiger partial charge in [-0.15, -0.1) is 0 Å². The van der Waals surface area contributed by atoms with Crippen LogP contribution >= 0.6 is 0 Å². The smallest absolute Gasteiger partial charge is 0.137 e. The van der Waals surface area contributed by atoms with E-state index in [2.05, 4.69) is 53.8 Å². The standard InChI is InChI=1S/C12H17N3/c1-9(2)13-7-11-8-14-12-6-10(3)4-5-15(11)12/h4-6,8-9,13H,7H2,1-3H3. The van der Waals surface area contributed by atoms with Crippen LogP contribution in [-0.4, -0.2) is 15.4 Å². The second-order valence-electron chi connectivity index (χ2n) is 4.22. The molecule has 0 spiro atoms. The molecule has 0 unspecified atom stereocenters. The fourth-order valence-corrected chi connectivity index (χ4v) is 1.57. The molecule has 80 valence electrons. The molecular formula is C12H17N3. The van der Waals surface area contributed by atoms with E-state index in [0.717, 1.165) is 12.2 Å². The molecular weight excluding hydrogens is 186 g/mol. The molecule has 2 aromatic rings. The highest BCUT2D eigenvalue weighted by Gasteiger charge is 2.03. The van der Waals surface area contributed by atoms with Crippen molar-refractivity contribution in [1.29, 1.82) is 0 Å². The highest BCUT2D eigenvalue weighted by Crippen LogP contribution is 2.08. The minimum Gasteiger partial charge on any atom is -0.309 e. The maximum atomic E-state index is 4.38. The summed E-state index contributed by atoms with van der Waals surface area (Å²) in [7, 11) is 0. The van der Waals surface area contributed by atoms with Crippen molar-refractivity contribution in [3.63, 3.8) is 0 Å². The normalized spacial score (nSPS) is 11.5. The first-order chi connectivity index (χ1) is 7.16. The van der Waals surface area contributed by atoms with Gasteiger partial charge < -0.3 is 9.72 Å². The van der Waals surface area contributed by atoms with Gasteiger partial charge in [0.25, 0.3) is 0 Å². The molecule has 0 saturated carbocycles. The molecule has 0 bridgehead atoms. The Morgan fingerprint density at radius 1 is 1.47 bits per heavy atom. The first kappa shape index (κ1) is 10.2. The molecule has 0 radical (unpaired) electrons. The predicted molar refractivity (Wildman–Crippen MR) is 61.9 cm³/mol. The number of nitrogens with zero attached hydrogens (tertiary/aromatic N) is 2. The Labute approximate surface area is 90.1 Å². The van der Waals surface area contributed by atoms with Crippen LogP contribution in [0.5, 0.6) is 0 Å². The Kier molecular flexibility index (Phi) is 2.73. The fourth-order valence-electron chi connectivity index (χ4n) is 1.57. The summed E-state index contributed by atoms with van der Waals surface area (Å²) in [5, 5.41) is 3.39. The van der Waals surface area contributed by atoms with Crippen LogP contribution in [0.3, 0.4) is 0 Å². The maximum absolute atomic E-state index is 4.38. The van der Waals surface area contributed by atoms with E-state index in [1.807, 2.05) is 6.20 Å². The van der Waals surface area contributed by atoms with Gasteiger partial charge in [0.2, 0.25) is 0 Å². The molecule has 3 nitrogen and oxygen atoms in total. The summed E-state index contributed by atoms with van der Waals surface area (Å²) in [6.07, 6.45) is 4.01. The highest BCUT2D eigenvalue weighted by atomic mass is 15.0. The first-order valence-electron chi connectivity index (χ1n) is 5.33.